The molecular weight excluding hydrogens is 436 g/mol. The lowest BCUT2D eigenvalue weighted by molar-refractivity contribution is -0.116. The fraction of sp³-hybridized carbons (Fsp3) is 0.130. The van der Waals surface area contributed by atoms with E-state index in [9.17, 15) is 18.0 Å². The van der Waals surface area contributed by atoms with Crippen molar-refractivity contribution in [2.45, 2.75) is 18.4 Å². The molecule has 3 aromatic carbocycles. The minimum absolute atomic E-state index is 0.00884. The van der Waals surface area contributed by atoms with Crippen LogP contribution in [-0.2, 0) is 21.4 Å². The molecule has 0 saturated carbocycles. The maximum absolute atomic E-state index is 13.2. The zero-order valence-electron chi connectivity index (χ0n) is 16.8. The molecule has 0 aliphatic heterocycles. The van der Waals surface area contributed by atoms with Crippen molar-refractivity contribution in [3.8, 4) is 0 Å². The van der Waals surface area contributed by atoms with Crippen LogP contribution in [0.3, 0.4) is 0 Å². The minimum Gasteiger partial charge on any atom is -0.325 e. The van der Waals surface area contributed by atoms with Gasteiger partial charge in [-0.15, -0.1) is 0 Å². The van der Waals surface area contributed by atoms with Crippen LogP contribution in [0.15, 0.2) is 83.8 Å². The summed E-state index contributed by atoms with van der Waals surface area (Å²) in [6.45, 7) is 1.08. The number of ketones is 1. The number of hydrogen-bond donors (Lipinski definition) is 1. The molecule has 0 atom stereocenters. The first-order valence-corrected chi connectivity index (χ1v) is 11.3. The normalized spacial score (nSPS) is 11.3. The third kappa shape index (κ3) is 6.01. The van der Waals surface area contributed by atoms with Crippen molar-refractivity contribution in [3.05, 3.63) is 95.0 Å². The summed E-state index contributed by atoms with van der Waals surface area (Å²) in [6, 6.07) is 21.3. The number of amides is 1. The van der Waals surface area contributed by atoms with Crippen LogP contribution in [0, 0.1) is 0 Å². The number of sulfonamides is 1. The van der Waals surface area contributed by atoms with Crippen molar-refractivity contribution in [2.75, 3.05) is 11.9 Å². The van der Waals surface area contributed by atoms with Crippen LogP contribution in [0.1, 0.15) is 22.8 Å². The van der Waals surface area contributed by atoms with E-state index in [4.69, 9.17) is 11.6 Å². The lowest BCUT2D eigenvalue weighted by Gasteiger charge is -2.22. The van der Waals surface area contributed by atoms with E-state index in [0.29, 0.717) is 11.3 Å². The highest BCUT2D eigenvalue weighted by molar-refractivity contribution is 7.89. The van der Waals surface area contributed by atoms with Gasteiger partial charge in [0.1, 0.15) is 0 Å². The number of rotatable bonds is 8. The molecule has 0 aromatic heterocycles. The van der Waals surface area contributed by atoms with Crippen LogP contribution in [0.2, 0.25) is 5.02 Å². The third-order valence-corrected chi connectivity index (χ3v) is 6.55. The van der Waals surface area contributed by atoms with Gasteiger partial charge in [-0.3, -0.25) is 9.59 Å². The topological polar surface area (TPSA) is 83.6 Å². The predicted octanol–water partition coefficient (Wildman–Crippen LogP) is 4.37. The molecule has 1 N–H and O–H groups in total. The van der Waals surface area contributed by atoms with Gasteiger partial charge in [0, 0.05) is 22.8 Å². The summed E-state index contributed by atoms with van der Waals surface area (Å²) in [5.41, 5.74) is 1.73. The number of carbonyl (C=O) groups is 2. The highest BCUT2D eigenvalue weighted by Crippen LogP contribution is 2.22. The van der Waals surface area contributed by atoms with Crippen LogP contribution in [0.5, 0.6) is 0 Å². The second-order valence-electron chi connectivity index (χ2n) is 6.90. The molecule has 0 saturated heterocycles. The monoisotopic (exact) mass is 456 g/mol. The van der Waals surface area contributed by atoms with E-state index in [0.717, 1.165) is 9.87 Å². The number of halogens is 1. The first-order chi connectivity index (χ1) is 14.8. The molecule has 0 fully saturated rings. The van der Waals surface area contributed by atoms with Gasteiger partial charge in [0.2, 0.25) is 15.9 Å². The van der Waals surface area contributed by atoms with Crippen LogP contribution in [-0.4, -0.2) is 31.0 Å². The summed E-state index contributed by atoms with van der Waals surface area (Å²) in [7, 11) is -3.98. The van der Waals surface area contributed by atoms with E-state index in [1.54, 1.807) is 60.7 Å². The number of anilines is 1. The fourth-order valence-corrected chi connectivity index (χ4v) is 4.62. The average molecular weight is 457 g/mol. The Morgan fingerprint density at radius 1 is 0.935 bits per heavy atom. The molecule has 0 bridgehead atoms. The Labute approximate surface area is 186 Å². The average Bonchev–Trinajstić information content (AvgIpc) is 2.74. The Morgan fingerprint density at radius 2 is 1.61 bits per heavy atom. The van der Waals surface area contributed by atoms with E-state index in [1.807, 2.05) is 6.07 Å². The molecule has 31 heavy (non-hydrogen) atoms. The molecule has 1 amide bonds. The smallest absolute Gasteiger partial charge is 0.243 e. The molecule has 160 valence electrons. The molecule has 0 aliphatic rings. The fourth-order valence-electron chi connectivity index (χ4n) is 2.94. The Bertz CT molecular complexity index is 1180. The van der Waals surface area contributed by atoms with Gasteiger partial charge in [-0.05, 0) is 55.0 Å². The van der Waals surface area contributed by atoms with Gasteiger partial charge < -0.3 is 5.32 Å². The first kappa shape index (κ1) is 22.7. The van der Waals surface area contributed by atoms with Crippen molar-refractivity contribution in [2.24, 2.45) is 0 Å². The minimum atomic E-state index is -3.98. The largest absolute Gasteiger partial charge is 0.325 e. The van der Waals surface area contributed by atoms with E-state index < -0.39 is 22.5 Å². The van der Waals surface area contributed by atoms with Gasteiger partial charge in [0.05, 0.1) is 11.4 Å². The second-order valence-corrected chi connectivity index (χ2v) is 9.27. The molecule has 0 spiro atoms. The zero-order chi connectivity index (χ0) is 22.4. The van der Waals surface area contributed by atoms with Crippen molar-refractivity contribution in [1.82, 2.24) is 4.31 Å². The van der Waals surface area contributed by atoms with E-state index >= 15 is 0 Å². The Kier molecular flexibility index (Phi) is 7.22. The number of hydrogen-bond acceptors (Lipinski definition) is 4. The van der Waals surface area contributed by atoms with Crippen LogP contribution >= 0.6 is 11.6 Å². The Hall–Kier alpha value is -3.00. The van der Waals surface area contributed by atoms with E-state index in [1.165, 1.54) is 19.1 Å². The van der Waals surface area contributed by atoms with Crippen molar-refractivity contribution >= 4 is 39.0 Å². The molecule has 3 rings (SSSR count). The third-order valence-electron chi connectivity index (χ3n) is 4.53. The van der Waals surface area contributed by atoms with Gasteiger partial charge in [0.25, 0.3) is 0 Å². The molecule has 0 heterocycles. The van der Waals surface area contributed by atoms with E-state index in [-0.39, 0.29) is 22.2 Å². The standard InChI is InChI=1S/C23H21ClN2O4S/c1-17(27)19-10-12-21(13-11-19)25-23(28)16-26(15-18-6-3-2-4-7-18)31(29,30)22-9-5-8-20(24)14-22/h2-14H,15-16H2,1H3,(H,25,28). The number of nitrogens with zero attached hydrogens (tertiary/aromatic N) is 1. The lowest BCUT2D eigenvalue weighted by Crippen LogP contribution is -2.37. The Balaban J connectivity index is 1.84. The maximum Gasteiger partial charge on any atom is 0.243 e. The van der Waals surface area contributed by atoms with Gasteiger partial charge in [-0.2, -0.15) is 4.31 Å². The summed E-state index contributed by atoms with van der Waals surface area (Å²) < 4.78 is 27.6. The van der Waals surface area contributed by atoms with Gasteiger partial charge >= 0.3 is 0 Å². The molecule has 3 aromatic rings. The molecule has 6 nitrogen and oxygen atoms in total. The number of benzene rings is 3. The summed E-state index contributed by atoms with van der Waals surface area (Å²) >= 11 is 5.98. The summed E-state index contributed by atoms with van der Waals surface area (Å²) in [6.07, 6.45) is 0. The summed E-state index contributed by atoms with van der Waals surface area (Å²) in [5, 5.41) is 2.96. The van der Waals surface area contributed by atoms with Crippen molar-refractivity contribution in [1.29, 1.82) is 0 Å². The van der Waals surface area contributed by atoms with Gasteiger partial charge in [-0.25, -0.2) is 8.42 Å². The quantitative estimate of drug-likeness (QED) is 0.510. The highest BCUT2D eigenvalue weighted by atomic mass is 35.5. The second kappa shape index (κ2) is 9.87. The Morgan fingerprint density at radius 3 is 2.23 bits per heavy atom. The molecular formula is C23H21ClN2O4S. The maximum atomic E-state index is 13.2. The molecule has 0 unspecified atom stereocenters. The van der Waals surface area contributed by atoms with Crippen LogP contribution in [0.25, 0.3) is 0 Å². The SMILES string of the molecule is CC(=O)c1ccc(NC(=O)CN(Cc2ccccc2)S(=O)(=O)c2cccc(Cl)c2)cc1. The summed E-state index contributed by atoms with van der Waals surface area (Å²) in [5.74, 6) is -0.586. The lowest BCUT2D eigenvalue weighted by atomic mass is 10.1. The summed E-state index contributed by atoms with van der Waals surface area (Å²) in [4.78, 5) is 24.1. The highest BCUT2D eigenvalue weighted by Gasteiger charge is 2.27. The van der Waals surface area contributed by atoms with Crippen molar-refractivity contribution < 1.29 is 18.0 Å². The number of carbonyl (C=O) groups excluding carboxylic acids is 2. The van der Waals surface area contributed by atoms with E-state index in [2.05, 4.69) is 5.32 Å². The molecule has 8 heteroatoms. The number of Topliss-reactive ketones (excluding diaryl/α,β-unsaturated/α-hetero) is 1. The van der Waals surface area contributed by atoms with Crippen LogP contribution in [0.4, 0.5) is 5.69 Å². The molecule has 0 aliphatic carbocycles. The van der Waals surface area contributed by atoms with Gasteiger partial charge in [-0.1, -0.05) is 48.0 Å². The van der Waals surface area contributed by atoms with Gasteiger partial charge in [0.15, 0.2) is 5.78 Å². The van der Waals surface area contributed by atoms with Crippen molar-refractivity contribution in [3.63, 3.8) is 0 Å². The number of nitrogens with one attached hydrogen (secondary N) is 1. The zero-order valence-corrected chi connectivity index (χ0v) is 18.4. The molecule has 0 radical (unpaired) electrons. The predicted molar refractivity (Wildman–Crippen MR) is 121 cm³/mol. The first-order valence-electron chi connectivity index (χ1n) is 9.46. The van der Waals surface area contributed by atoms with Crippen LogP contribution < -0.4 is 5.32 Å².